The van der Waals surface area contributed by atoms with Gasteiger partial charge in [0, 0.05) is 30.1 Å². The smallest absolute Gasteiger partial charge is 0.266 e. The largest absolute Gasteiger partial charge is 0.397 e. The van der Waals surface area contributed by atoms with Crippen molar-refractivity contribution in [2.24, 2.45) is 17.6 Å². The topological polar surface area (TPSA) is 102 Å². The number of nitrogens with zero attached hydrogens (tertiary/aromatic N) is 2. The average Bonchev–Trinajstić information content (AvgIpc) is 2.95. The maximum Gasteiger partial charge on any atom is 0.266 e. The van der Waals surface area contributed by atoms with Crippen LogP contribution in [0.3, 0.4) is 0 Å². The molecule has 0 radical (unpaired) electrons. The number of rotatable bonds is 2. The van der Waals surface area contributed by atoms with Gasteiger partial charge in [0.2, 0.25) is 5.91 Å². The van der Waals surface area contributed by atoms with Crippen LogP contribution in [-0.2, 0) is 17.6 Å². The first kappa shape index (κ1) is 17.3. The highest BCUT2D eigenvalue weighted by Crippen LogP contribution is 2.37. The lowest BCUT2D eigenvalue weighted by Gasteiger charge is -2.30. The molecule has 6 nitrogen and oxygen atoms in total. The summed E-state index contributed by atoms with van der Waals surface area (Å²) in [5, 5.41) is 0.901. The molecule has 0 saturated carbocycles. The van der Waals surface area contributed by atoms with Crippen molar-refractivity contribution in [3.05, 3.63) is 22.2 Å². The second kappa shape index (κ2) is 6.54. The standard InChI is InChI=1S/C19H24N4O2S/c1-10-2-3-14-12(8-10)9-13-15(20)16(26-18(13)22-14)19(25)23-6-4-11(5-7-23)17(21)24/h9-11H,2-8,20H2,1H3,(H2,21,24). The number of amides is 2. The molecule has 1 atom stereocenters. The molecule has 1 fully saturated rings. The van der Waals surface area contributed by atoms with Crippen molar-refractivity contribution in [2.45, 2.75) is 39.0 Å². The number of fused-ring (bicyclic) bond motifs is 2. The molecule has 0 aromatic carbocycles. The highest BCUT2D eigenvalue weighted by atomic mass is 32.1. The third-order valence-corrected chi connectivity index (χ3v) is 6.81. The number of carbonyl (C=O) groups excluding carboxylic acids is 2. The van der Waals surface area contributed by atoms with Crippen molar-refractivity contribution >= 4 is 39.1 Å². The van der Waals surface area contributed by atoms with Crippen LogP contribution in [0.2, 0.25) is 0 Å². The molecular weight excluding hydrogens is 348 g/mol. The van der Waals surface area contributed by atoms with Crippen molar-refractivity contribution in [1.29, 1.82) is 0 Å². The predicted molar refractivity (Wildman–Crippen MR) is 103 cm³/mol. The zero-order valence-corrected chi connectivity index (χ0v) is 15.8. The minimum absolute atomic E-state index is 0.0558. The summed E-state index contributed by atoms with van der Waals surface area (Å²) in [7, 11) is 0. The van der Waals surface area contributed by atoms with Crippen LogP contribution in [0, 0.1) is 11.8 Å². The second-order valence-corrected chi connectivity index (χ2v) is 8.61. The van der Waals surface area contributed by atoms with E-state index in [-0.39, 0.29) is 17.7 Å². The SMILES string of the molecule is CC1CCc2nc3sc(C(=O)N4CCC(C(N)=O)CC4)c(N)c3cc2C1. The Hall–Kier alpha value is -2.15. The number of nitrogens with two attached hydrogens (primary N) is 2. The van der Waals surface area contributed by atoms with Gasteiger partial charge in [0.15, 0.2) is 0 Å². The number of thiophene rings is 1. The summed E-state index contributed by atoms with van der Waals surface area (Å²) in [5.41, 5.74) is 14.7. The van der Waals surface area contributed by atoms with Crippen LogP contribution in [0.15, 0.2) is 6.07 Å². The Morgan fingerprint density at radius 2 is 2.00 bits per heavy atom. The lowest BCUT2D eigenvalue weighted by Crippen LogP contribution is -2.41. The van der Waals surface area contributed by atoms with E-state index >= 15 is 0 Å². The number of aromatic nitrogens is 1. The van der Waals surface area contributed by atoms with Gasteiger partial charge in [-0.3, -0.25) is 9.59 Å². The van der Waals surface area contributed by atoms with Crippen LogP contribution in [0.1, 0.15) is 47.1 Å². The Balaban J connectivity index is 1.62. The molecule has 2 amide bonds. The van der Waals surface area contributed by atoms with E-state index in [4.69, 9.17) is 16.5 Å². The van der Waals surface area contributed by atoms with Crippen molar-refractivity contribution in [1.82, 2.24) is 9.88 Å². The number of pyridine rings is 1. The third-order valence-electron chi connectivity index (χ3n) is 5.71. The van der Waals surface area contributed by atoms with Gasteiger partial charge in [-0.25, -0.2) is 4.98 Å². The Morgan fingerprint density at radius 3 is 2.69 bits per heavy atom. The first-order chi connectivity index (χ1) is 12.4. The van der Waals surface area contributed by atoms with Gasteiger partial charge in [-0.15, -0.1) is 11.3 Å². The molecule has 2 aromatic rings. The average molecular weight is 372 g/mol. The van der Waals surface area contributed by atoms with Crippen LogP contribution < -0.4 is 11.5 Å². The Bertz CT molecular complexity index is 883. The molecule has 138 valence electrons. The molecule has 2 aliphatic rings. The van der Waals surface area contributed by atoms with Crippen LogP contribution in [-0.4, -0.2) is 34.8 Å². The lowest BCUT2D eigenvalue weighted by molar-refractivity contribution is -0.123. The molecule has 2 aromatic heterocycles. The summed E-state index contributed by atoms with van der Waals surface area (Å²) in [6.45, 7) is 3.35. The molecule has 0 spiro atoms. The molecule has 3 heterocycles. The van der Waals surface area contributed by atoms with Crippen LogP contribution in [0.25, 0.3) is 10.2 Å². The summed E-state index contributed by atoms with van der Waals surface area (Å²) in [5.74, 6) is 0.200. The molecule has 0 bridgehead atoms. The quantitative estimate of drug-likeness (QED) is 0.844. The molecule has 7 heteroatoms. The number of hydrogen-bond donors (Lipinski definition) is 2. The molecule has 26 heavy (non-hydrogen) atoms. The summed E-state index contributed by atoms with van der Waals surface area (Å²) < 4.78 is 0. The molecule has 1 aliphatic heterocycles. The number of carbonyl (C=O) groups is 2. The number of aryl methyl sites for hydroxylation is 1. The number of hydrogen-bond acceptors (Lipinski definition) is 5. The van der Waals surface area contributed by atoms with E-state index in [9.17, 15) is 9.59 Å². The van der Waals surface area contributed by atoms with Gasteiger partial charge in [-0.1, -0.05) is 6.92 Å². The molecule has 4 rings (SSSR count). The van der Waals surface area contributed by atoms with Crippen LogP contribution in [0.5, 0.6) is 0 Å². The highest BCUT2D eigenvalue weighted by molar-refractivity contribution is 7.21. The summed E-state index contributed by atoms with van der Waals surface area (Å²) in [6.07, 6.45) is 4.42. The minimum Gasteiger partial charge on any atom is -0.397 e. The molecular formula is C19H24N4O2S. The van der Waals surface area contributed by atoms with Gasteiger partial charge in [0.1, 0.15) is 9.71 Å². The van der Waals surface area contributed by atoms with E-state index in [1.54, 1.807) is 4.90 Å². The van der Waals surface area contributed by atoms with E-state index < -0.39 is 0 Å². The monoisotopic (exact) mass is 372 g/mol. The number of likely N-dealkylation sites (tertiary alicyclic amines) is 1. The Labute approximate surface area is 156 Å². The minimum atomic E-state index is -0.275. The maximum atomic E-state index is 13.0. The van der Waals surface area contributed by atoms with Crippen molar-refractivity contribution < 1.29 is 9.59 Å². The number of nitrogen functional groups attached to an aromatic ring is 1. The third kappa shape index (κ3) is 2.94. The van der Waals surface area contributed by atoms with Gasteiger partial charge < -0.3 is 16.4 Å². The highest BCUT2D eigenvalue weighted by Gasteiger charge is 2.29. The summed E-state index contributed by atoms with van der Waals surface area (Å²) in [6, 6.07) is 2.13. The molecule has 1 saturated heterocycles. The van der Waals surface area contributed by atoms with Gasteiger partial charge in [0.05, 0.1) is 5.69 Å². The number of anilines is 1. The number of piperidine rings is 1. The molecule has 1 unspecified atom stereocenters. The fraction of sp³-hybridized carbons (Fsp3) is 0.526. The zero-order chi connectivity index (χ0) is 18.4. The van der Waals surface area contributed by atoms with Crippen molar-refractivity contribution in [3.8, 4) is 0 Å². The second-order valence-electron chi connectivity index (χ2n) is 7.61. The first-order valence-corrected chi connectivity index (χ1v) is 10.0. The van der Waals surface area contributed by atoms with E-state index in [1.165, 1.54) is 16.9 Å². The van der Waals surface area contributed by atoms with E-state index in [1.807, 2.05) is 0 Å². The van der Waals surface area contributed by atoms with E-state index in [2.05, 4.69) is 13.0 Å². The van der Waals surface area contributed by atoms with Gasteiger partial charge in [-0.2, -0.15) is 0 Å². The fourth-order valence-corrected chi connectivity index (χ4v) is 5.11. The Morgan fingerprint density at radius 1 is 1.27 bits per heavy atom. The van der Waals surface area contributed by atoms with Gasteiger partial charge in [0.25, 0.3) is 5.91 Å². The van der Waals surface area contributed by atoms with Gasteiger partial charge >= 0.3 is 0 Å². The van der Waals surface area contributed by atoms with E-state index in [0.29, 0.717) is 42.4 Å². The molecule has 4 N–H and O–H groups in total. The lowest BCUT2D eigenvalue weighted by atomic mass is 9.87. The fourth-order valence-electron chi connectivity index (χ4n) is 4.04. The maximum absolute atomic E-state index is 13.0. The Kier molecular flexibility index (Phi) is 4.34. The summed E-state index contributed by atoms with van der Waals surface area (Å²) >= 11 is 1.39. The summed E-state index contributed by atoms with van der Waals surface area (Å²) in [4.78, 5) is 32.3. The van der Waals surface area contributed by atoms with Crippen molar-refractivity contribution in [2.75, 3.05) is 18.8 Å². The first-order valence-electron chi connectivity index (χ1n) is 9.23. The van der Waals surface area contributed by atoms with Gasteiger partial charge in [-0.05, 0) is 49.7 Å². The normalized spacial score (nSPS) is 21.0. The van der Waals surface area contributed by atoms with Crippen molar-refractivity contribution in [3.63, 3.8) is 0 Å². The van der Waals surface area contributed by atoms with E-state index in [0.717, 1.165) is 35.2 Å². The predicted octanol–water partition coefficient (Wildman–Crippen LogP) is 2.34. The van der Waals surface area contributed by atoms with Crippen LogP contribution in [0.4, 0.5) is 5.69 Å². The number of primary amides is 1. The van der Waals surface area contributed by atoms with Crippen LogP contribution >= 0.6 is 11.3 Å². The molecule has 1 aliphatic carbocycles. The zero-order valence-electron chi connectivity index (χ0n) is 15.0.